The van der Waals surface area contributed by atoms with Gasteiger partial charge in [0.2, 0.25) is 0 Å². The van der Waals surface area contributed by atoms with Gasteiger partial charge in [-0.05, 0) is 24.3 Å². The summed E-state index contributed by atoms with van der Waals surface area (Å²) >= 11 is 0. The van der Waals surface area contributed by atoms with Gasteiger partial charge in [-0.1, -0.05) is 0 Å². The Hall–Kier alpha value is -2.53. The average Bonchev–Trinajstić information content (AvgIpc) is 2.38. The third-order valence-electron chi connectivity index (χ3n) is 2.08. The Balaban J connectivity index is 2.79. The molecule has 0 spiro atoms. The van der Waals surface area contributed by atoms with Gasteiger partial charge in [-0.15, -0.1) is 0 Å². The molecule has 0 heterocycles. The van der Waals surface area contributed by atoms with Gasteiger partial charge < -0.3 is 9.47 Å². The topological polar surface area (TPSA) is 73.5 Å². The molecule has 0 unspecified atom stereocenters. The summed E-state index contributed by atoms with van der Waals surface area (Å²) in [6, 6.07) is 1.92. The van der Waals surface area contributed by atoms with E-state index in [2.05, 4.69) is 9.53 Å². The molecule has 0 saturated carbocycles. The van der Waals surface area contributed by atoms with E-state index in [9.17, 15) is 13.6 Å². The Morgan fingerprint density at radius 1 is 1.42 bits per heavy atom. The highest BCUT2D eigenvalue weighted by Crippen LogP contribution is 2.26. The number of ether oxygens (including phenoxy) is 2. The van der Waals surface area contributed by atoms with Crippen LogP contribution in [0.25, 0.3) is 6.08 Å². The first-order valence-corrected chi connectivity index (χ1v) is 5.15. The maximum absolute atomic E-state index is 13.5. The average molecular weight is 269 g/mol. The van der Waals surface area contributed by atoms with Crippen molar-refractivity contribution < 1.29 is 27.8 Å². The molecular weight excluding hydrogens is 258 g/mol. The first kappa shape index (κ1) is 14.5. The van der Waals surface area contributed by atoms with Crippen molar-refractivity contribution in [1.82, 2.24) is 0 Å². The van der Waals surface area contributed by atoms with Crippen molar-refractivity contribution in [2.45, 2.75) is 0 Å². The van der Waals surface area contributed by atoms with E-state index in [0.29, 0.717) is 6.21 Å². The van der Waals surface area contributed by atoms with Crippen molar-refractivity contribution in [2.24, 2.45) is 0 Å². The summed E-state index contributed by atoms with van der Waals surface area (Å²) in [4.78, 5) is 13.5. The van der Waals surface area contributed by atoms with Crippen LogP contribution in [0.1, 0.15) is 5.56 Å². The summed E-state index contributed by atoms with van der Waals surface area (Å²) in [7, 11) is 1.22. The molecule has 7 heteroatoms. The molecule has 0 aliphatic carbocycles. The molecule has 0 amide bonds. The van der Waals surface area contributed by atoms with E-state index in [1.807, 2.05) is 0 Å². The number of halogens is 2. The fourth-order valence-corrected chi connectivity index (χ4v) is 1.30. The van der Waals surface area contributed by atoms with Gasteiger partial charge in [-0.3, -0.25) is 0 Å². The molecule has 0 bridgehead atoms. The Kier molecular flexibility index (Phi) is 5.37. The number of nitrogens with zero attached hydrogens (tertiary/aromatic N) is 1. The molecule has 1 aromatic rings. The second kappa shape index (κ2) is 7.03. The Morgan fingerprint density at radius 2 is 2.11 bits per heavy atom. The predicted molar refractivity (Wildman–Crippen MR) is 61.9 cm³/mol. The van der Waals surface area contributed by atoms with Crippen LogP contribution in [0.15, 0.2) is 18.2 Å². The maximum atomic E-state index is 13.5. The van der Waals surface area contributed by atoms with E-state index in [1.54, 1.807) is 0 Å². The monoisotopic (exact) mass is 269 g/mol. The summed E-state index contributed by atoms with van der Waals surface area (Å²) in [5, 5.41) is 0. The third-order valence-corrected chi connectivity index (χ3v) is 2.08. The molecule has 0 fully saturated rings. The standard InChI is InChI=1S/C12H11F2N2O3/c1-18-12-8(9(13)4-5-10(12)14)3-2-6-19-11(17)7-16-15/h2-5,7,15H,6H2,1H3/q+1/b3-2-. The quantitative estimate of drug-likeness (QED) is 0.383. The Labute approximate surface area is 107 Å². The normalized spacial score (nSPS) is 10.1. The van der Waals surface area contributed by atoms with Crippen LogP contribution in [-0.4, -0.2) is 30.7 Å². The highest BCUT2D eigenvalue weighted by atomic mass is 19.1. The van der Waals surface area contributed by atoms with Crippen LogP contribution >= 0.6 is 0 Å². The maximum Gasteiger partial charge on any atom is 0.418 e. The van der Waals surface area contributed by atoms with E-state index in [1.165, 1.54) is 19.3 Å². The fraction of sp³-hybridized carbons (Fsp3) is 0.167. The van der Waals surface area contributed by atoms with E-state index in [0.717, 1.165) is 12.1 Å². The number of nitrogens with one attached hydrogen (secondary N) is 1. The first-order valence-electron chi connectivity index (χ1n) is 5.15. The number of methoxy groups -OCH3 is 1. The van der Waals surface area contributed by atoms with Crippen molar-refractivity contribution in [3.8, 4) is 5.75 Å². The molecular formula is C12H11F2N2O3+. The molecule has 1 aromatic carbocycles. The molecule has 100 valence electrons. The lowest BCUT2D eigenvalue weighted by molar-refractivity contribution is -0.147. The van der Waals surface area contributed by atoms with Gasteiger partial charge in [0, 0.05) is 0 Å². The summed E-state index contributed by atoms with van der Waals surface area (Å²) in [6.07, 6.45) is 3.23. The van der Waals surface area contributed by atoms with Gasteiger partial charge in [-0.2, -0.15) is 0 Å². The molecule has 0 saturated heterocycles. The number of benzene rings is 1. The molecule has 1 N–H and O–H groups in total. The lowest BCUT2D eigenvalue weighted by Gasteiger charge is -2.06. The van der Waals surface area contributed by atoms with Gasteiger partial charge in [-0.25, -0.2) is 13.6 Å². The highest BCUT2D eigenvalue weighted by Gasteiger charge is 2.11. The minimum Gasteiger partial charge on any atom is -0.493 e. The smallest absolute Gasteiger partial charge is 0.418 e. The van der Waals surface area contributed by atoms with Crippen LogP contribution in [0.2, 0.25) is 0 Å². The fourth-order valence-electron chi connectivity index (χ4n) is 1.30. The summed E-state index contributed by atoms with van der Waals surface area (Å²) < 4.78 is 36.1. The van der Waals surface area contributed by atoms with Crippen LogP contribution in [0.5, 0.6) is 5.75 Å². The molecule has 0 radical (unpaired) electrons. The van der Waals surface area contributed by atoms with E-state index in [-0.39, 0.29) is 17.9 Å². The molecule has 0 aliphatic rings. The lowest BCUT2D eigenvalue weighted by Crippen LogP contribution is -2.05. The van der Waals surface area contributed by atoms with Crippen molar-refractivity contribution >= 4 is 18.3 Å². The highest BCUT2D eigenvalue weighted by molar-refractivity contribution is 6.20. The molecule has 0 atom stereocenters. The molecule has 19 heavy (non-hydrogen) atoms. The number of hydrogen-bond donors (Lipinski definition) is 1. The van der Waals surface area contributed by atoms with Crippen molar-refractivity contribution in [3.63, 3.8) is 0 Å². The van der Waals surface area contributed by atoms with Gasteiger partial charge in [0.25, 0.3) is 0 Å². The second-order valence-corrected chi connectivity index (χ2v) is 3.27. The molecule has 0 aromatic heterocycles. The van der Waals surface area contributed by atoms with Crippen molar-refractivity contribution in [3.05, 3.63) is 35.4 Å². The third kappa shape index (κ3) is 4.01. The van der Waals surface area contributed by atoms with E-state index >= 15 is 0 Å². The number of esters is 1. The summed E-state index contributed by atoms with van der Waals surface area (Å²) in [5.41, 5.74) is 6.32. The summed E-state index contributed by atoms with van der Waals surface area (Å²) in [6.45, 7) is -0.163. The van der Waals surface area contributed by atoms with Gasteiger partial charge in [0.15, 0.2) is 11.6 Å². The number of carbonyl (C=O) groups excluding carboxylic acids is 1. The van der Waals surface area contributed by atoms with Crippen molar-refractivity contribution in [2.75, 3.05) is 13.7 Å². The van der Waals surface area contributed by atoms with Crippen LogP contribution < -0.4 is 4.74 Å². The zero-order valence-electron chi connectivity index (χ0n) is 10.0. The van der Waals surface area contributed by atoms with Gasteiger partial charge in [0.1, 0.15) is 12.4 Å². The minimum atomic E-state index is -0.800. The van der Waals surface area contributed by atoms with Crippen LogP contribution in [0.4, 0.5) is 8.78 Å². The largest absolute Gasteiger partial charge is 0.493 e. The number of hydrogen-bond acceptors (Lipinski definition) is 4. The number of rotatable bonds is 5. The van der Waals surface area contributed by atoms with Crippen LogP contribution in [-0.2, 0) is 9.53 Å². The second-order valence-electron chi connectivity index (χ2n) is 3.27. The first-order chi connectivity index (χ1) is 9.10. The van der Waals surface area contributed by atoms with Gasteiger partial charge >= 0.3 is 12.2 Å². The molecule has 1 rings (SSSR count). The van der Waals surface area contributed by atoms with Gasteiger partial charge in [0.05, 0.1) is 23.0 Å². The van der Waals surface area contributed by atoms with E-state index < -0.39 is 17.6 Å². The lowest BCUT2D eigenvalue weighted by atomic mass is 10.1. The Morgan fingerprint density at radius 3 is 2.74 bits per heavy atom. The van der Waals surface area contributed by atoms with E-state index in [4.69, 9.17) is 10.3 Å². The summed E-state index contributed by atoms with van der Waals surface area (Å²) in [5.74, 6) is -2.38. The molecule has 5 nitrogen and oxygen atoms in total. The predicted octanol–water partition coefficient (Wildman–Crippen LogP) is 1.84. The molecule has 0 aliphatic heterocycles. The SMILES string of the molecule is COc1c(F)ccc(F)c1/C=C\COC(=O)C=[N+]=N. The number of carbonyl (C=O) groups is 1. The zero-order valence-corrected chi connectivity index (χ0v) is 10.0. The minimum absolute atomic E-state index is 0.0762. The van der Waals surface area contributed by atoms with Crippen molar-refractivity contribution in [1.29, 1.82) is 5.53 Å². The Bertz CT molecular complexity index is 552. The van der Waals surface area contributed by atoms with Crippen LogP contribution in [0.3, 0.4) is 0 Å². The van der Waals surface area contributed by atoms with Crippen LogP contribution in [0, 0.1) is 17.2 Å². The zero-order chi connectivity index (χ0) is 14.3.